The van der Waals surface area contributed by atoms with E-state index in [1.165, 1.54) is 12.5 Å². The smallest absolute Gasteiger partial charge is 0.142 e. The van der Waals surface area contributed by atoms with Gasteiger partial charge in [-0.3, -0.25) is 0 Å². The van der Waals surface area contributed by atoms with Crippen molar-refractivity contribution in [2.24, 2.45) is 23.5 Å². The standard InChI is InChI=1S/C15H21ClFN/c1-9-3-4-11(7-10(9)2)15(18)12-5-6-13(16)14(17)8-12/h5-6,8-11,15H,3-4,7,18H2,1-2H3. The third kappa shape index (κ3) is 2.86. The molecule has 1 aliphatic rings. The molecule has 1 aliphatic carbocycles. The Balaban J connectivity index is 2.11. The van der Waals surface area contributed by atoms with Crippen molar-refractivity contribution < 1.29 is 4.39 Å². The largest absolute Gasteiger partial charge is 0.324 e. The summed E-state index contributed by atoms with van der Waals surface area (Å²) in [7, 11) is 0. The Morgan fingerprint density at radius 3 is 2.61 bits per heavy atom. The van der Waals surface area contributed by atoms with E-state index >= 15 is 0 Å². The lowest BCUT2D eigenvalue weighted by Gasteiger charge is -2.35. The molecule has 0 aromatic heterocycles. The van der Waals surface area contributed by atoms with Crippen molar-refractivity contribution in [1.82, 2.24) is 0 Å². The predicted octanol–water partition coefficient (Wildman–Crippen LogP) is 4.55. The van der Waals surface area contributed by atoms with E-state index in [9.17, 15) is 4.39 Å². The Bertz CT molecular complexity index is 421. The minimum atomic E-state index is -0.373. The zero-order valence-corrected chi connectivity index (χ0v) is 11.8. The second-order valence-corrected chi connectivity index (χ2v) is 6.13. The molecule has 2 N–H and O–H groups in total. The van der Waals surface area contributed by atoms with E-state index in [2.05, 4.69) is 13.8 Å². The highest BCUT2D eigenvalue weighted by atomic mass is 35.5. The van der Waals surface area contributed by atoms with Crippen molar-refractivity contribution in [3.05, 3.63) is 34.6 Å². The average Bonchev–Trinajstić information content (AvgIpc) is 2.35. The lowest BCUT2D eigenvalue weighted by atomic mass is 9.72. The fourth-order valence-corrected chi connectivity index (χ4v) is 3.02. The van der Waals surface area contributed by atoms with Crippen LogP contribution in [0.5, 0.6) is 0 Å². The summed E-state index contributed by atoms with van der Waals surface area (Å²) in [5.41, 5.74) is 7.15. The van der Waals surface area contributed by atoms with Gasteiger partial charge in [0.15, 0.2) is 0 Å². The van der Waals surface area contributed by atoms with E-state index in [4.69, 9.17) is 17.3 Å². The summed E-state index contributed by atoms with van der Waals surface area (Å²) in [6.45, 7) is 4.58. The van der Waals surface area contributed by atoms with Gasteiger partial charge in [-0.1, -0.05) is 37.9 Å². The van der Waals surface area contributed by atoms with Crippen LogP contribution in [0, 0.1) is 23.6 Å². The van der Waals surface area contributed by atoms with E-state index in [1.807, 2.05) is 6.07 Å². The minimum Gasteiger partial charge on any atom is -0.324 e. The molecule has 0 heterocycles. The maximum absolute atomic E-state index is 13.5. The van der Waals surface area contributed by atoms with Crippen LogP contribution in [-0.2, 0) is 0 Å². The molecule has 1 fully saturated rings. The van der Waals surface area contributed by atoms with Crippen LogP contribution in [0.3, 0.4) is 0 Å². The SMILES string of the molecule is CC1CCC(C(N)c2ccc(Cl)c(F)c2)CC1C. The predicted molar refractivity (Wildman–Crippen MR) is 74.0 cm³/mol. The van der Waals surface area contributed by atoms with Crippen molar-refractivity contribution in [3.63, 3.8) is 0 Å². The molecule has 0 radical (unpaired) electrons. The van der Waals surface area contributed by atoms with Crippen molar-refractivity contribution in [2.75, 3.05) is 0 Å². The van der Waals surface area contributed by atoms with Crippen LogP contribution in [0.25, 0.3) is 0 Å². The molecule has 1 aromatic carbocycles. The number of hydrogen-bond donors (Lipinski definition) is 1. The molecule has 3 heteroatoms. The normalized spacial score (nSPS) is 30.2. The molecule has 0 amide bonds. The Kier molecular flexibility index (Phi) is 4.29. The van der Waals surface area contributed by atoms with Crippen LogP contribution < -0.4 is 5.73 Å². The molecule has 0 spiro atoms. The molecule has 1 saturated carbocycles. The number of benzene rings is 1. The Morgan fingerprint density at radius 2 is 2.00 bits per heavy atom. The van der Waals surface area contributed by atoms with Crippen LogP contribution >= 0.6 is 11.6 Å². The molecule has 1 aromatic rings. The quantitative estimate of drug-likeness (QED) is 0.837. The Morgan fingerprint density at radius 1 is 1.28 bits per heavy atom. The fourth-order valence-electron chi connectivity index (χ4n) is 2.91. The van der Waals surface area contributed by atoms with Crippen LogP contribution in [0.15, 0.2) is 18.2 Å². The third-order valence-electron chi connectivity index (χ3n) is 4.48. The zero-order chi connectivity index (χ0) is 13.3. The maximum Gasteiger partial charge on any atom is 0.142 e. The molecule has 0 bridgehead atoms. The molecular weight excluding hydrogens is 249 g/mol. The van der Waals surface area contributed by atoms with E-state index in [0.29, 0.717) is 11.8 Å². The van der Waals surface area contributed by atoms with Gasteiger partial charge in [-0.2, -0.15) is 0 Å². The first-order chi connectivity index (χ1) is 8.49. The van der Waals surface area contributed by atoms with Crippen LogP contribution in [0.4, 0.5) is 4.39 Å². The van der Waals surface area contributed by atoms with Gasteiger partial charge in [0.25, 0.3) is 0 Å². The van der Waals surface area contributed by atoms with Gasteiger partial charge in [0.2, 0.25) is 0 Å². The van der Waals surface area contributed by atoms with Gasteiger partial charge in [0, 0.05) is 6.04 Å². The molecule has 4 atom stereocenters. The first-order valence-electron chi connectivity index (χ1n) is 6.69. The molecule has 0 aliphatic heterocycles. The summed E-state index contributed by atoms with van der Waals surface area (Å²) in [5.74, 6) is 1.56. The number of rotatable bonds is 2. The summed E-state index contributed by atoms with van der Waals surface area (Å²) < 4.78 is 13.5. The monoisotopic (exact) mass is 269 g/mol. The third-order valence-corrected chi connectivity index (χ3v) is 4.78. The molecule has 4 unspecified atom stereocenters. The number of nitrogens with two attached hydrogens (primary N) is 1. The van der Waals surface area contributed by atoms with E-state index in [1.54, 1.807) is 6.07 Å². The zero-order valence-electron chi connectivity index (χ0n) is 11.0. The average molecular weight is 270 g/mol. The van der Waals surface area contributed by atoms with Gasteiger partial charge >= 0.3 is 0 Å². The van der Waals surface area contributed by atoms with Gasteiger partial charge in [-0.05, 0) is 48.3 Å². The maximum atomic E-state index is 13.5. The molecule has 2 rings (SSSR count). The summed E-state index contributed by atoms with van der Waals surface area (Å²) >= 11 is 5.70. The second-order valence-electron chi connectivity index (χ2n) is 5.73. The first kappa shape index (κ1) is 13.8. The highest BCUT2D eigenvalue weighted by Gasteiger charge is 2.29. The molecule has 18 heavy (non-hydrogen) atoms. The van der Waals surface area contributed by atoms with E-state index in [-0.39, 0.29) is 16.9 Å². The van der Waals surface area contributed by atoms with Crippen molar-refractivity contribution in [2.45, 2.75) is 39.2 Å². The van der Waals surface area contributed by atoms with Gasteiger partial charge < -0.3 is 5.73 Å². The van der Waals surface area contributed by atoms with Gasteiger partial charge in [-0.15, -0.1) is 0 Å². The molecule has 0 saturated heterocycles. The minimum absolute atomic E-state index is 0.0771. The van der Waals surface area contributed by atoms with Crippen LogP contribution in [0.2, 0.25) is 5.02 Å². The number of hydrogen-bond acceptors (Lipinski definition) is 1. The van der Waals surface area contributed by atoms with Gasteiger partial charge in [0.05, 0.1) is 5.02 Å². The Hall–Kier alpha value is -0.600. The van der Waals surface area contributed by atoms with Gasteiger partial charge in [0.1, 0.15) is 5.82 Å². The highest BCUT2D eigenvalue weighted by molar-refractivity contribution is 6.30. The lowest BCUT2D eigenvalue weighted by molar-refractivity contribution is 0.186. The van der Waals surface area contributed by atoms with Crippen LogP contribution in [0.1, 0.15) is 44.7 Å². The summed E-state index contributed by atoms with van der Waals surface area (Å²) in [4.78, 5) is 0. The van der Waals surface area contributed by atoms with E-state index in [0.717, 1.165) is 24.3 Å². The molecule has 1 nitrogen and oxygen atoms in total. The van der Waals surface area contributed by atoms with Crippen LogP contribution in [-0.4, -0.2) is 0 Å². The Labute approximate surface area is 114 Å². The summed E-state index contributed by atoms with van der Waals surface area (Å²) in [6.07, 6.45) is 3.49. The van der Waals surface area contributed by atoms with Crippen molar-refractivity contribution >= 4 is 11.6 Å². The fraction of sp³-hybridized carbons (Fsp3) is 0.600. The second kappa shape index (κ2) is 5.58. The highest BCUT2D eigenvalue weighted by Crippen LogP contribution is 2.39. The van der Waals surface area contributed by atoms with Crippen molar-refractivity contribution in [3.8, 4) is 0 Å². The summed E-state index contributed by atoms with van der Waals surface area (Å²) in [6, 6.07) is 4.85. The molecule has 100 valence electrons. The van der Waals surface area contributed by atoms with Crippen molar-refractivity contribution in [1.29, 1.82) is 0 Å². The summed E-state index contributed by atoms with van der Waals surface area (Å²) in [5, 5.41) is 0.164. The first-order valence-corrected chi connectivity index (χ1v) is 7.07. The molecular formula is C15H21ClFN. The number of halogens is 2. The topological polar surface area (TPSA) is 26.0 Å². The lowest BCUT2D eigenvalue weighted by Crippen LogP contribution is -2.29. The van der Waals surface area contributed by atoms with Gasteiger partial charge in [-0.25, -0.2) is 4.39 Å². The van der Waals surface area contributed by atoms with E-state index < -0.39 is 0 Å².